The first-order valence-electron chi connectivity index (χ1n) is 7.99. The lowest BCUT2D eigenvalue weighted by Crippen LogP contribution is -2.41. The predicted octanol–water partition coefficient (Wildman–Crippen LogP) is 4.28. The van der Waals surface area contributed by atoms with E-state index in [0.29, 0.717) is 23.3 Å². The number of halogens is 2. The number of benzene rings is 1. The lowest BCUT2D eigenvalue weighted by atomic mass is 9.67. The van der Waals surface area contributed by atoms with Gasteiger partial charge in [0.2, 0.25) is 0 Å². The van der Waals surface area contributed by atoms with E-state index in [1.165, 1.54) is 13.2 Å². The molecule has 1 saturated heterocycles. The summed E-state index contributed by atoms with van der Waals surface area (Å²) in [6.45, 7) is 1.27. The highest BCUT2D eigenvalue weighted by Crippen LogP contribution is 2.48. The molecule has 0 aromatic heterocycles. The van der Waals surface area contributed by atoms with Crippen molar-refractivity contribution in [3.63, 3.8) is 0 Å². The van der Waals surface area contributed by atoms with Gasteiger partial charge < -0.3 is 14.2 Å². The monoisotopic (exact) mass is 370 g/mol. The Hall–Kier alpha value is -1.07. The lowest BCUT2D eigenvalue weighted by molar-refractivity contribution is -0.182. The second-order valence-corrected chi connectivity index (χ2v) is 7.06. The van der Waals surface area contributed by atoms with Crippen molar-refractivity contribution in [2.24, 2.45) is 0 Å². The number of carbonyl (C=O) groups is 1. The summed E-state index contributed by atoms with van der Waals surface area (Å²) in [7, 11) is 1.37. The molecule has 4 nitrogen and oxygen atoms in total. The van der Waals surface area contributed by atoms with Gasteiger partial charge in [0.25, 0.3) is 0 Å². The Kier molecular flexibility index (Phi) is 5.21. The number of hydrogen-bond acceptors (Lipinski definition) is 4. The molecule has 2 fully saturated rings. The Morgan fingerprint density at radius 2 is 1.79 bits per heavy atom. The molecule has 1 spiro atoms. The van der Waals surface area contributed by atoms with Gasteiger partial charge in [-0.2, -0.15) is 0 Å². The number of carbonyl (C=O) groups excluding carboxylic acids is 1. The van der Waals surface area contributed by atoms with Gasteiger partial charge in [0.05, 0.1) is 30.4 Å². The van der Waals surface area contributed by atoms with Crippen LogP contribution in [-0.4, -0.2) is 32.1 Å². The topological polar surface area (TPSA) is 44.8 Å². The molecule has 1 aliphatic heterocycles. The van der Waals surface area contributed by atoms with Crippen LogP contribution in [0.4, 0.5) is 0 Å². The maximum Gasteiger partial charge on any atom is 0.330 e. The van der Waals surface area contributed by atoms with E-state index < -0.39 is 5.79 Å². The minimum absolute atomic E-state index is 0.316. The number of ether oxygens (including phenoxy) is 3. The molecule has 0 N–H and O–H groups in total. The molecule has 24 heavy (non-hydrogen) atoms. The van der Waals surface area contributed by atoms with Gasteiger partial charge in [-0.25, -0.2) is 4.79 Å². The molecule has 1 saturated carbocycles. The third-order valence-corrected chi connectivity index (χ3v) is 5.69. The van der Waals surface area contributed by atoms with E-state index in [9.17, 15) is 4.79 Å². The van der Waals surface area contributed by atoms with Crippen LogP contribution in [0.1, 0.15) is 31.2 Å². The maximum absolute atomic E-state index is 11.6. The van der Waals surface area contributed by atoms with Crippen LogP contribution < -0.4 is 0 Å². The third kappa shape index (κ3) is 3.47. The van der Waals surface area contributed by atoms with Crippen LogP contribution in [0.3, 0.4) is 0 Å². The summed E-state index contributed by atoms with van der Waals surface area (Å²) in [5, 5.41) is 1.02. The van der Waals surface area contributed by atoms with Crippen LogP contribution in [0.2, 0.25) is 10.0 Å². The molecule has 1 aliphatic carbocycles. The Balaban J connectivity index is 1.91. The van der Waals surface area contributed by atoms with Gasteiger partial charge in [-0.1, -0.05) is 35.3 Å². The van der Waals surface area contributed by atoms with Crippen molar-refractivity contribution in [2.45, 2.75) is 36.9 Å². The number of methoxy groups -OCH3 is 1. The van der Waals surface area contributed by atoms with Gasteiger partial charge in [0.15, 0.2) is 5.79 Å². The van der Waals surface area contributed by atoms with E-state index >= 15 is 0 Å². The quantitative estimate of drug-likeness (QED) is 0.588. The molecular formula is C18H20Cl2O4. The van der Waals surface area contributed by atoms with Crippen LogP contribution in [-0.2, 0) is 24.4 Å². The van der Waals surface area contributed by atoms with Crippen molar-refractivity contribution in [1.82, 2.24) is 0 Å². The van der Waals surface area contributed by atoms with Gasteiger partial charge in [-0.05, 0) is 30.5 Å². The Labute approximate surface area is 151 Å². The summed E-state index contributed by atoms with van der Waals surface area (Å²) in [5.41, 5.74) is 0.716. The first-order valence-corrected chi connectivity index (χ1v) is 8.75. The van der Waals surface area contributed by atoms with E-state index in [1.807, 2.05) is 18.2 Å². The van der Waals surface area contributed by atoms with Gasteiger partial charge in [-0.3, -0.25) is 0 Å². The van der Waals surface area contributed by atoms with Crippen LogP contribution in [0, 0.1) is 0 Å². The van der Waals surface area contributed by atoms with Crippen molar-refractivity contribution in [3.8, 4) is 0 Å². The standard InChI is InChI=1S/C18H20Cl2O4/c1-22-16(21)4-5-17(13-2-3-14(19)15(20)12-13)6-8-18(9-7-17)23-10-11-24-18/h2-5,12H,6-11H2,1H3/b5-4+. The lowest BCUT2D eigenvalue weighted by Gasteiger charge is -2.42. The summed E-state index contributed by atoms with van der Waals surface area (Å²) in [6, 6.07) is 5.63. The van der Waals surface area contributed by atoms with Gasteiger partial charge in [0, 0.05) is 24.3 Å². The molecule has 2 aliphatic rings. The molecule has 3 rings (SSSR count). The fourth-order valence-corrected chi connectivity index (χ4v) is 3.81. The molecule has 1 heterocycles. The average molecular weight is 371 g/mol. The first-order chi connectivity index (χ1) is 11.5. The highest BCUT2D eigenvalue weighted by molar-refractivity contribution is 6.42. The van der Waals surface area contributed by atoms with Gasteiger partial charge in [0.1, 0.15) is 0 Å². The van der Waals surface area contributed by atoms with Crippen molar-refractivity contribution < 1.29 is 19.0 Å². The smallest absolute Gasteiger partial charge is 0.330 e. The summed E-state index contributed by atoms with van der Waals surface area (Å²) in [4.78, 5) is 11.6. The zero-order valence-corrected chi connectivity index (χ0v) is 15.0. The highest BCUT2D eigenvalue weighted by atomic mass is 35.5. The molecule has 6 heteroatoms. The SMILES string of the molecule is COC(=O)/C=C/C1(c2ccc(Cl)c(Cl)c2)CCC2(CC1)OCCO2. The second-order valence-electron chi connectivity index (χ2n) is 6.25. The maximum atomic E-state index is 11.6. The molecule has 0 radical (unpaired) electrons. The average Bonchev–Trinajstić information content (AvgIpc) is 3.05. The Morgan fingerprint density at radius 1 is 1.12 bits per heavy atom. The fraction of sp³-hybridized carbons (Fsp3) is 0.500. The first kappa shape index (κ1) is 17.7. The van der Waals surface area contributed by atoms with E-state index in [0.717, 1.165) is 31.2 Å². The van der Waals surface area contributed by atoms with Crippen LogP contribution in [0.5, 0.6) is 0 Å². The summed E-state index contributed by atoms with van der Waals surface area (Å²) >= 11 is 12.3. The third-order valence-electron chi connectivity index (χ3n) is 4.95. The molecule has 0 bridgehead atoms. The van der Waals surface area contributed by atoms with Crippen LogP contribution in [0.25, 0.3) is 0 Å². The summed E-state index contributed by atoms with van der Waals surface area (Å²) in [5.74, 6) is -0.846. The van der Waals surface area contributed by atoms with Crippen LogP contribution >= 0.6 is 23.2 Å². The number of esters is 1. The van der Waals surface area contributed by atoms with Crippen molar-refractivity contribution in [1.29, 1.82) is 0 Å². The van der Waals surface area contributed by atoms with Crippen molar-refractivity contribution >= 4 is 29.2 Å². The largest absolute Gasteiger partial charge is 0.466 e. The molecular weight excluding hydrogens is 351 g/mol. The van der Waals surface area contributed by atoms with Gasteiger partial charge in [-0.15, -0.1) is 0 Å². The van der Waals surface area contributed by atoms with Crippen LogP contribution in [0.15, 0.2) is 30.4 Å². The summed E-state index contributed by atoms with van der Waals surface area (Å²) < 4.78 is 16.4. The number of allylic oxidation sites excluding steroid dienone is 1. The highest BCUT2D eigenvalue weighted by Gasteiger charge is 2.46. The van der Waals surface area contributed by atoms with E-state index in [-0.39, 0.29) is 11.4 Å². The van der Waals surface area contributed by atoms with E-state index in [1.54, 1.807) is 6.07 Å². The zero-order chi connectivity index (χ0) is 17.2. The van der Waals surface area contributed by atoms with Gasteiger partial charge >= 0.3 is 5.97 Å². The Morgan fingerprint density at radius 3 is 2.38 bits per heavy atom. The molecule has 130 valence electrons. The second kappa shape index (κ2) is 7.04. The minimum atomic E-state index is -0.473. The predicted molar refractivity (Wildman–Crippen MR) is 92.4 cm³/mol. The molecule has 0 amide bonds. The van der Waals surface area contributed by atoms with E-state index in [4.69, 9.17) is 37.4 Å². The number of rotatable bonds is 3. The Bertz CT molecular complexity index is 640. The van der Waals surface area contributed by atoms with E-state index in [2.05, 4.69) is 0 Å². The molecule has 1 aromatic rings. The van der Waals surface area contributed by atoms with Crippen molar-refractivity contribution in [3.05, 3.63) is 46.0 Å². The minimum Gasteiger partial charge on any atom is -0.466 e. The number of hydrogen-bond donors (Lipinski definition) is 0. The molecule has 0 unspecified atom stereocenters. The van der Waals surface area contributed by atoms with Crippen molar-refractivity contribution in [2.75, 3.05) is 20.3 Å². The fourth-order valence-electron chi connectivity index (χ4n) is 3.52. The zero-order valence-electron chi connectivity index (χ0n) is 13.5. The molecule has 1 aromatic carbocycles. The normalized spacial score (nSPS) is 22.1. The summed E-state index contributed by atoms with van der Waals surface area (Å²) in [6.07, 6.45) is 6.51. The molecule has 0 atom stereocenters.